The number of rotatable bonds is 5. The van der Waals surface area contributed by atoms with Crippen molar-refractivity contribution in [2.75, 3.05) is 24.4 Å². The molecule has 146 valence electrons. The first-order valence-electron chi connectivity index (χ1n) is 8.17. The van der Waals surface area contributed by atoms with Gasteiger partial charge >= 0.3 is 15.5 Å². The third-order valence-electron chi connectivity index (χ3n) is 3.92. The van der Waals surface area contributed by atoms with Crippen LogP contribution in [-0.4, -0.2) is 33.6 Å². The molecule has 0 aliphatic heterocycles. The molecule has 0 unspecified atom stereocenters. The molecular formula is C17H23BrF3N2O2S+. The number of fused-ring (bicyclic) bond motifs is 1. The molecule has 2 aromatic carbocycles. The van der Waals surface area contributed by atoms with Crippen LogP contribution in [0.4, 0.5) is 18.9 Å². The fourth-order valence-electron chi connectivity index (χ4n) is 2.30. The second-order valence-corrected chi connectivity index (χ2v) is 8.03. The predicted molar refractivity (Wildman–Crippen MR) is 103 cm³/mol. The number of benzene rings is 2. The molecule has 2 aromatic rings. The first kappa shape index (κ1) is 22.7. The van der Waals surface area contributed by atoms with Crippen molar-refractivity contribution >= 4 is 42.4 Å². The van der Waals surface area contributed by atoms with Crippen molar-refractivity contribution in [1.29, 1.82) is 0 Å². The van der Waals surface area contributed by atoms with E-state index < -0.39 is 15.5 Å². The number of sulfonamides is 1. The summed E-state index contributed by atoms with van der Waals surface area (Å²) in [5, 5.41) is 0.995. The number of alkyl halides is 3. The van der Waals surface area contributed by atoms with Crippen molar-refractivity contribution in [3.8, 4) is 0 Å². The number of nitrogens with one attached hydrogen (secondary N) is 2. The predicted octanol–water partition coefficient (Wildman–Crippen LogP) is 3.79. The van der Waals surface area contributed by atoms with Crippen molar-refractivity contribution in [2.24, 2.45) is 0 Å². The normalized spacial score (nSPS) is 12.0. The first-order chi connectivity index (χ1) is 12.1. The highest BCUT2D eigenvalue weighted by Gasteiger charge is 2.46. The molecule has 0 heterocycles. The van der Waals surface area contributed by atoms with Gasteiger partial charge in [0.05, 0.1) is 25.3 Å². The van der Waals surface area contributed by atoms with Crippen LogP contribution in [0.5, 0.6) is 0 Å². The highest BCUT2D eigenvalue weighted by molar-refractivity contribution is 9.10. The largest absolute Gasteiger partial charge is 0.516 e. The van der Waals surface area contributed by atoms with Gasteiger partial charge in [-0.15, -0.1) is 0 Å². The van der Waals surface area contributed by atoms with E-state index in [1.54, 1.807) is 27.8 Å². The molecule has 2 rings (SSSR count). The minimum atomic E-state index is -5.42. The Labute approximate surface area is 160 Å². The topological polar surface area (TPSA) is 50.6 Å². The second kappa shape index (κ2) is 9.57. The van der Waals surface area contributed by atoms with Gasteiger partial charge in [-0.3, -0.25) is 4.72 Å². The summed E-state index contributed by atoms with van der Waals surface area (Å²) in [6, 6.07) is 9.28. The lowest BCUT2D eigenvalue weighted by molar-refractivity contribution is -0.894. The van der Waals surface area contributed by atoms with Crippen LogP contribution in [0.15, 0.2) is 40.9 Å². The van der Waals surface area contributed by atoms with Gasteiger partial charge in [-0.2, -0.15) is 21.6 Å². The minimum absolute atomic E-state index is 0.115. The maximum absolute atomic E-state index is 12.3. The summed E-state index contributed by atoms with van der Waals surface area (Å²) in [6.45, 7) is 10.5. The number of quaternary nitrogens is 1. The van der Waals surface area contributed by atoms with Crippen molar-refractivity contribution in [1.82, 2.24) is 0 Å². The van der Waals surface area contributed by atoms with Crippen LogP contribution in [-0.2, 0) is 10.0 Å². The molecule has 0 aromatic heterocycles. The van der Waals surface area contributed by atoms with Gasteiger partial charge in [-0.25, -0.2) is 0 Å². The van der Waals surface area contributed by atoms with Gasteiger partial charge in [-0.1, -0.05) is 40.2 Å². The van der Waals surface area contributed by atoms with Gasteiger partial charge in [0.1, 0.15) is 0 Å². The maximum atomic E-state index is 12.3. The Morgan fingerprint density at radius 3 is 1.88 bits per heavy atom. The summed E-state index contributed by atoms with van der Waals surface area (Å²) >= 11 is 3.25. The van der Waals surface area contributed by atoms with Gasteiger partial charge < -0.3 is 4.90 Å². The van der Waals surface area contributed by atoms with E-state index in [4.69, 9.17) is 0 Å². The molecule has 26 heavy (non-hydrogen) atoms. The van der Waals surface area contributed by atoms with Crippen LogP contribution in [0.25, 0.3) is 10.8 Å². The number of anilines is 1. The van der Waals surface area contributed by atoms with E-state index in [1.807, 2.05) is 0 Å². The van der Waals surface area contributed by atoms with E-state index in [2.05, 4.69) is 36.7 Å². The summed E-state index contributed by atoms with van der Waals surface area (Å²) in [4.78, 5) is 1.68. The van der Waals surface area contributed by atoms with Gasteiger partial charge in [0.25, 0.3) is 0 Å². The van der Waals surface area contributed by atoms with Crippen LogP contribution < -0.4 is 9.62 Å². The van der Waals surface area contributed by atoms with E-state index in [-0.39, 0.29) is 5.69 Å². The lowest BCUT2D eigenvalue weighted by Crippen LogP contribution is -3.11. The van der Waals surface area contributed by atoms with Crippen LogP contribution in [0.1, 0.15) is 20.8 Å². The molecule has 0 aliphatic rings. The maximum Gasteiger partial charge on any atom is 0.516 e. The van der Waals surface area contributed by atoms with Gasteiger partial charge in [0.2, 0.25) is 0 Å². The Bertz CT molecular complexity index is 817. The van der Waals surface area contributed by atoms with Crippen molar-refractivity contribution < 1.29 is 26.5 Å². The zero-order chi connectivity index (χ0) is 20.0. The number of hydrogen-bond donors (Lipinski definition) is 2. The first-order valence-corrected chi connectivity index (χ1v) is 10.4. The average molecular weight is 456 g/mol. The zero-order valence-electron chi connectivity index (χ0n) is 14.8. The van der Waals surface area contributed by atoms with E-state index in [0.717, 1.165) is 0 Å². The van der Waals surface area contributed by atoms with Gasteiger partial charge in [0.15, 0.2) is 0 Å². The molecule has 0 amide bonds. The molecule has 0 bridgehead atoms. The summed E-state index contributed by atoms with van der Waals surface area (Å²) in [7, 11) is -5.42. The Kier molecular flexibility index (Phi) is 8.36. The van der Waals surface area contributed by atoms with Gasteiger partial charge in [0, 0.05) is 9.86 Å². The van der Waals surface area contributed by atoms with Crippen LogP contribution in [0, 0.1) is 0 Å². The van der Waals surface area contributed by atoms with E-state index in [0.29, 0.717) is 15.2 Å². The molecular weight excluding hydrogens is 433 g/mol. The lowest BCUT2D eigenvalue weighted by atomic mass is 10.1. The third-order valence-corrected chi connectivity index (χ3v) is 5.71. The van der Waals surface area contributed by atoms with Gasteiger partial charge in [-0.05, 0) is 38.3 Å². The fourth-order valence-corrected chi connectivity index (χ4v) is 3.37. The smallest absolute Gasteiger partial charge is 0.336 e. The SMILES string of the molecule is CC[NH+](CC)CC.O=S(=O)(Nc1ccc(Br)c2ccccc12)C(F)(F)F. The molecule has 2 N–H and O–H groups in total. The summed E-state index contributed by atoms with van der Waals surface area (Å²) in [5.41, 5.74) is -5.46. The van der Waals surface area contributed by atoms with Crippen molar-refractivity contribution in [3.63, 3.8) is 0 Å². The highest BCUT2D eigenvalue weighted by atomic mass is 79.9. The molecule has 0 spiro atoms. The molecule has 0 saturated heterocycles. The van der Waals surface area contributed by atoms with E-state index in [9.17, 15) is 21.6 Å². The monoisotopic (exact) mass is 455 g/mol. The fraction of sp³-hybridized carbons (Fsp3) is 0.412. The average Bonchev–Trinajstić information content (AvgIpc) is 2.59. The lowest BCUT2D eigenvalue weighted by Gasteiger charge is -2.13. The minimum Gasteiger partial charge on any atom is -0.336 e. The van der Waals surface area contributed by atoms with Crippen molar-refractivity contribution in [3.05, 3.63) is 40.9 Å². The zero-order valence-corrected chi connectivity index (χ0v) is 17.2. The van der Waals surface area contributed by atoms with E-state index >= 15 is 0 Å². The quantitative estimate of drug-likeness (QED) is 0.720. The summed E-state index contributed by atoms with van der Waals surface area (Å²) < 4.78 is 61.4. The Morgan fingerprint density at radius 2 is 1.46 bits per heavy atom. The third kappa shape index (κ3) is 5.85. The van der Waals surface area contributed by atoms with Crippen LogP contribution in [0.3, 0.4) is 0 Å². The molecule has 0 fully saturated rings. The van der Waals surface area contributed by atoms with Crippen molar-refractivity contribution in [2.45, 2.75) is 26.3 Å². The molecule has 0 radical (unpaired) electrons. The highest BCUT2D eigenvalue weighted by Crippen LogP contribution is 2.33. The Hall–Kier alpha value is -1.32. The number of halogens is 4. The summed E-state index contributed by atoms with van der Waals surface area (Å²) in [5.74, 6) is 0. The van der Waals surface area contributed by atoms with E-state index in [1.165, 1.54) is 37.8 Å². The molecule has 0 atom stereocenters. The van der Waals surface area contributed by atoms with Crippen LogP contribution in [0.2, 0.25) is 0 Å². The van der Waals surface area contributed by atoms with Crippen LogP contribution >= 0.6 is 15.9 Å². The summed E-state index contributed by atoms with van der Waals surface area (Å²) in [6.07, 6.45) is 0. The molecule has 4 nitrogen and oxygen atoms in total. The Morgan fingerprint density at radius 1 is 0.962 bits per heavy atom. The molecule has 0 saturated carbocycles. The number of hydrogen-bond acceptors (Lipinski definition) is 2. The second-order valence-electron chi connectivity index (χ2n) is 5.50. The molecule has 0 aliphatic carbocycles. The Balaban J connectivity index is 0.000000412. The molecule has 9 heteroatoms. The standard InChI is InChI=1S/C11H7BrF3NO2S.C6H15N/c12-9-5-6-10(8-4-2-1-3-7(8)9)16-19(17,18)11(13,14)15;1-4-7(5-2)6-3/h1-6,16H;4-6H2,1-3H3/p+1.